The molecule has 5 nitrogen and oxygen atoms in total. The van der Waals surface area contributed by atoms with Gasteiger partial charge in [-0.3, -0.25) is 14.4 Å². The fraction of sp³-hybridized carbons (Fsp3) is 0.714. The molecule has 0 saturated heterocycles. The molecule has 0 aliphatic carbocycles. The van der Waals surface area contributed by atoms with E-state index >= 15 is 0 Å². The Bertz CT molecular complexity index is 523. The molecular weight excluding hydrogens is 297 g/mol. The number of carbonyl (C=O) groups excluding carboxylic acids is 1. The summed E-state index contributed by atoms with van der Waals surface area (Å²) in [6.45, 7) is 5.97. The number of alkyl halides is 3. The van der Waals surface area contributed by atoms with Crippen LogP contribution in [0.25, 0.3) is 0 Å². The van der Waals surface area contributed by atoms with Crippen molar-refractivity contribution in [2.45, 2.75) is 33.9 Å². The number of aryl methyl sites for hydroxylation is 2. The minimum Gasteiger partial charge on any atom is -0.322 e. The number of nitrogens with zero attached hydrogens (tertiary/aromatic N) is 3. The van der Waals surface area contributed by atoms with Crippen LogP contribution in [-0.2, 0) is 11.8 Å². The lowest BCUT2D eigenvalue weighted by atomic mass is 10.2. The Morgan fingerprint density at radius 3 is 2.36 bits per heavy atom. The second-order valence-electron chi connectivity index (χ2n) is 5.90. The van der Waals surface area contributed by atoms with E-state index in [2.05, 4.69) is 10.4 Å². The summed E-state index contributed by atoms with van der Waals surface area (Å²) in [5, 5.41) is 6.82. The first-order chi connectivity index (χ1) is 9.99. The van der Waals surface area contributed by atoms with E-state index in [0.29, 0.717) is 11.4 Å². The molecule has 0 aliphatic heterocycles. The Morgan fingerprint density at radius 1 is 1.36 bits per heavy atom. The number of halogens is 3. The van der Waals surface area contributed by atoms with Gasteiger partial charge in [0, 0.05) is 13.6 Å². The van der Waals surface area contributed by atoms with Crippen molar-refractivity contribution >= 4 is 11.6 Å². The molecule has 0 saturated carbocycles. The summed E-state index contributed by atoms with van der Waals surface area (Å²) in [5.74, 6) is -0.430. The maximum Gasteiger partial charge on any atom is 0.401 e. The Labute approximate surface area is 128 Å². The molecule has 22 heavy (non-hydrogen) atoms. The first kappa shape index (κ1) is 18.5. The number of rotatable bonds is 6. The van der Waals surface area contributed by atoms with Crippen molar-refractivity contribution in [3.63, 3.8) is 0 Å². The van der Waals surface area contributed by atoms with Gasteiger partial charge in [0.05, 0.1) is 30.2 Å². The van der Waals surface area contributed by atoms with Crippen LogP contribution in [0.4, 0.5) is 18.9 Å². The van der Waals surface area contributed by atoms with Crippen LogP contribution in [0.15, 0.2) is 0 Å². The highest BCUT2D eigenvalue weighted by Crippen LogP contribution is 2.19. The zero-order valence-electron chi connectivity index (χ0n) is 13.6. The number of hydrogen-bond acceptors (Lipinski definition) is 3. The third kappa shape index (κ3) is 5.67. The molecule has 0 bridgehead atoms. The number of hydrogen-bond donors (Lipinski definition) is 1. The molecular formula is C14H23F3N4O. The van der Waals surface area contributed by atoms with E-state index in [9.17, 15) is 18.0 Å². The largest absolute Gasteiger partial charge is 0.401 e. The Kier molecular flexibility index (Phi) is 5.99. The molecule has 0 radical (unpaired) electrons. The number of aromatic nitrogens is 2. The van der Waals surface area contributed by atoms with Gasteiger partial charge in [0.25, 0.3) is 0 Å². The lowest BCUT2D eigenvalue weighted by Crippen LogP contribution is -2.41. The fourth-order valence-corrected chi connectivity index (χ4v) is 2.29. The van der Waals surface area contributed by atoms with Crippen molar-refractivity contribution in [3.05, 3.63) is 11.4 Å². The monoisotopic (exact) mass is 320 g/mol. The summed E-state index contributed by atoms with van der Waals surface area (Å²) >= 11 is 0. The van der Waals surface area contributed by atoms with Gasteiger partial charge in [-0.15, -0.1) is 0 Å². The quantitative estimate of drug-likeness (QED) is 0.876. The van der Waals surface area contributed by atoms with E-state index in [0.717, 1.165) is 10.6 Å². The first-order valence-electron chi connectivity index (χ1n) is 7.08. The summed E-state index contributed by atoms with van der Waals surface area (Å²) in [6.07, 6.45) is -4.32. The van der Waals surface area contributed by atoms with Crippen molar-refractivity contribution < 1.29 is 18.0 Å². The van der Waals surface area contributed by atoms with E-state index in [-0.39, 0.29) is 19.0 Å². The molecule has 1 aromatic heterocycles. The number of nitrogens with one attached hydrogen (secondary N) is 1. The highest BCUT2D eigenvalue weighted by molar-refractivity contribution is 5.93. The maximum absolute atomic E-state index is 12.6. The van der Waals surface area contributed by atoms with Crippen LogP contribution in [0.5, 0.6) is 0 Å². The van der Waals surface area contributed by atoms with E-state index in [1.54, 1.807) is 25.6 Å². The molecule has 0 atom stereocenters. The zero-order valence-corrected chi connectivity index (χ0v) is 13.6. The van der Waals surface area contributed by atoms with Gasteiger partial charge in [0.15, 0.2) is 0 Å². The second-order valence-corrected chi connectivity index (χ2v) is 5.90. The normalized spacial score (nSPS) is 12.3. The van der Waals surface area contributed by atoms with Crippen molar-refractivity contribution in [3.8, 4) is 0 Å². The van der Waals surface area contributed by atoms with Gasteiger partial charge in [-0.2, -0.15) is 18.3 Å². The van der Waals surface area contributed by atoms with E-state index < -0.39 is 18.6 Å². The number of amides is 1. The second kappa shape index (κ2) is 7.13. The lowest BCUT2D eigenvalue weighted by Gasteiger charge is -2.24. The van der Waals surface area contributed by atoms with Gasteiger partial charge in [-0.05, 0) is 19.8 Å². The predicted molar refractivity (Wildman–Crippen MR) is 78.6 cm³/mol. The minimum atomic E-state index is -4.32. The molecule has 1 heterocycles. The van der Waals surface area contributed by atoms with Crippen LogP contribution in [0, 0.1) is 19.8 Å². The molecule has 0 spiro atoms. The van der Waals surface area contributed by atoms with Crippen LogP contribution >= 0.6 is 0 Å². The van der Waals surface area contributed by atoms with Crippen LogP contribution < -0.4 is 5.32 Å². The smallest absolute Gasteiger partial charge is 0.322 e. The molecule has 1 rings (SSSR count). The molecule has 1 amide bonds. The van der Waals surface area contributed by atoms with Crippen molar-refractivity contribution in [1.29, 1.82) is 0 Å². The van der Waals surface area contributed by atoms with Gasteiger partial charge >= 0.3 is 6.18 Å². The van der Waals surface area contributed by atoms with Crippen LogP contribution in [0.3, 0.4) is 0 Å². The van der Waals surface area contributed by atoms with Crippen molar-refractivity contribution in [1.82, 2.24) is 14.7 Å². The molecule has 0 aromatic carbocycles. The summed E-state index contributed by atoms with van der Waals surface area (Å²) in [7, 11) is 1.74. The maximum atomic E-state index is 12.6. The summed E-state index contributed by atoms with van der Waals surface area (Å²) < 4.78 is 39.4. The highest BCUT2D eigenvalue weighted by atomic mass is 19.4. The molecule has 1 aromatic rings. The first-order valence-corrected chi connectivity index (χ1v) is 7.08. The third-order valence-electron chi connectivity index (χ3n) is 3.17. The van der Waals surface area contributed by atoms with E-state index in [1.807, 2.05) is 13.8 Å². The predicted octanol–water partition coefficient (Wildman–Crippen LogP) is 2.50. The van der Waals surface area contributed by atoms with Gasteiger partial charge in [0.1, 0.15) is 0 Å². The molecule has 0 aliphatic rings. The molecule has 0 fully saturated rings. The van der Waals surface area contributed by atoms with Crippen molar-refractivity contribution in [2.24, 2.45) is 13.0 Å². The molecule has 0 unspecified atom stereocenters. The van der Waals surface area contributed by atoms with Crippen LogP contribution in [0.2, 0.25) is 0 Å². The van der Waals surface area contributed by atoms with Crippen LogP contribution in [-0.4, -0.2) is 46.4 Å². The van der Waals surface area contributed by atoms with Gasteiger partial charge in [0.2, 0.25) is 5.91 Å². The number of anilines is 1. The topological polar surface area (TPSA) is 50.2 Å². The zero-order chi connectivity index (χ0) is 17.1. The summed E-state index contributed by atoms with van der Waals surface area (Å²) in [6, 6.07) is 0. The Balaban J connectivity index is 2.74. The van der Waals surface area contributed by atoms with E-state index in [1.165, 1.54) is 0 Å². The van der Waals surface area contributed by atoms with Gasteiger partial charge in [-0.25, -0.2) is 0 Å². The molecule has 8 heteroatoms. The standard InChI is InChI=1S/C14H23F3N4O/c1-9(2)6-21(8-14(15,16)17)7-12(22)18-13-10(3)19-20(5)11(13)4/h9H,6-8H2,1-5H3,(H,18,22). The van der Waals surface area contributed by atoms with Crippen LogP contribution in [0.1, 0.15) is 25.2 Å². The average Bonchev–Trinajstić information content (AvgIpc) is 2.52. The Morgan fingerprint density at radius 2 is 1.95 bits per heavy atom. The molecule has 126 valence electrons. The third-order valence-corrected chi connectivity index (χ3v) is 3.17. The SMILES string of the molecule is Cc1nn(C)c(C)c1NC(=O)CN(CC(C)C)CC(F)(F)F. The Hall–Kier alpha value is -1.57. The average molecular weight is 320 g/mol. The molecule has 1 N–H and O–H groups in total. The van der Waals surface area contributed by atoms with Crippen molar-refractivity contribution in [2.75, 3.05) is 25.0 Å². The minimum absolute atomic E-state index is 0.0389. The van der Waals surface area contributed by atoms with E-state index in [4.69, 9.17) is 0 Å². The summed E-state index contributed by atoms with van der Waals surface area (Å²) in [5.41, 5.74) is 1.96. The summed E-state index contributed by atoms with van der Waals surface area (Å²) in [4.78, 5) is 13.2. The lowest BCUT2D eigenvalue weighted by molar-refractivity contribution is -0.148. The fourth-order valence-electron chi connectivity index (χ4n) is 2.29. The van der Waals surface area contributed by atoms with Gasteiger partial charge < -0.3 is 5.32 Å². The highest BCUT2D eigenvalue weighted by Gasteiger charge is 2.31. The van der Waals surface area contributed by atoms with Gasteiger partial charge in [-0.1, -0.05) is 13.8 Å². The number of carbonyl (C=O) groups is 1.